The molecule has 1 aliphatic heterocycles. The number of carbonyl (C=O) groups is 2. The van der Waals surface area contributed by atoms with Crippen molar-refractivity contribution in [3.05, 3.63) is 0 Å². The number of morpholine rings is 1. The van der Waals surface area contributed by atoms with Gasteiger partial charge in [-0.05, 0) is 19.3 Å². The van der Waals surface area contributed by atoms with Gasteiger partial charge in [-0.1, -0.05) is 13.8 Å². The number of amides is 1. The number of carboxylic acids is 1. The van der Waals surface area contributed by atoms with Gasteiger partial charge < -0.3 is 14.7 Å². The molecular weight excluding hydrogens is 234 g/mol. The zero-order valence-electron chi connectivity index (χ0n) is 11.3. The topological polar surface area (TPSA) is 66.8 Å². The van der Waals surface area contributed by atoms with Crippen LogP contribution in [0.1, 0.15) is 27.7 Å². The Morgan fingerprint density at radius 2 is 1.67 bits per heavy atom. The van der Waals surface area contributed by atoms with Gasteiger partial charge in [0.1, 0.15) is 0 Å². The third kappa shape index (κ3) is 2.11. The summed E-state index contributed by atoms with van der Waals surface area (Å²) in [5, 5.41) is 9.12. The van der Waals surface area contributed by atoms with Crippen LogP contribution in [0.5, 0.6) is 0 Å². The first-order valence-corrected chi connectivity index (χ1v) is 6.42. The molecule has 5 heteroatoms. The number of nitrogens with zero attached hydrogens (tertiary/aromatic N) is 1. The largest absolute Gasteiger partial charge is 0.481 e. The van der Waals surface area contributed by atoms with Crippen LogP contribution in [-0.4, -0.2) is 47.2 Å². The van der Waals surface area contributed by atoms with Gasteiger partial charge in [0, 0.05) is 13.1 Å². The lowest BCUT2D eigenvalue weighted by Crippen LogP contribution is -2.49. The molecule has 5 nitrogen and oxygen atoms in total. The summed E-state index contributed by atoms with van der Waals surface area (Å²) >= 11 is 0. The fraction of sp³-hybridized carbons (Fsp3) is 0.846. The van der Waals surface area contributed by atoms with Crippen LogP contribution in [0.25, 0.3) is 0 Å². The summed E-state index contributed by atoms with van der Waals surface area (Å²) in [4.78, 5) is 25.3. The minimum absolute atomic E-state index is 0.0165. The summed E-state index contributed by atoms with van der Waals surface area (Å²) in [6.45, 7) is 8.68. The third-order valence-electron chi connectivity index (χ3n) is 4.09. The molecular formula is C13H21NO4. The summed E-state index contributed by atoms with van der Waals surface area (Å²) in [6, 6.07) is 0. The maximum Gasteiger partial charge on any atom is 0.307 e. The Kier molecular flexibility index (Phi) is 3.13. The van der Waals surface area contributed by atoms with E-state index in [2.05, 4.69) is 0 Å². The molecule has 2 rings (SSSR count). The first-order chi connectivity index (χ1) is 8.25. The van der Waals surface area contributed by atoms with Gasteiger partial charge in [0.25, 0.3) is 0 Å². The van der Waals surface area contributed by atoms with Gasteiger partial charge in [-0.2, -0.15) is 0 Å². The zero-order chi connectivity index (χ0) is 13.7. The van der Waals surface area contributed by atoms with Crippen molar-refractivity contribution in [2.75, 3.05) is 13.1 Å². The smallest absolute Gasteiger partial charge is 0.307 e. The van der Waals surface area contributed by atoms with Crippen molar-refractivity contribution in [3.8, 4) is 0 Å². The summed E-state index contributed by atoms with van der Waals surface area (Å²) in [7, 11) is 0. The number of hydrogen-bond acceptors (Lipinski definition) is 3. The second kappa shape index (κ2) is 4.23. The summed E-state index contributed by atoms with van der Waals surface area (Å²) in [6.07, 6.45) is 0.0330. The first kappa shape index (κ1) is 13.3. The van der Waals surface area contributed by atoms with Crippen LogP contribution in [0.4, 0.5) is 0 Å². The molecule has 0 radical (unpaired) electrons. The van der Waals surface area contributed by atoms with E-state index < -0.39 is 17.3 Å². The summed E-state index contributed by atoms with van der Waals surface area (Å²) in [5.74, 6) is -1.83. The Morgan fingerprint density at radius 1 is 1.17 bits per heavy atom. The van der Waals surface area contributed by atoms with Crippen LogP contribution in [0.15, 0.2) is 0 Å². The molecule has 0 aromatic carbocycles. The zero-order valence-corrected chi connectivity index (χ0v) is 11.3. The van der Waals surface area contributed by atoms with Crippen LogP contribution < -0.4 is 0 Å². The average molecular weight is 255 g/mol. The van der Waals surface area contributed by atoms with Crippen molar-refractivity contribution in [2.24, 2.45) is 17.3 Å². The predicted octanol–water partition coefficient (Wildman–Crippen LogP) is 0.979. The first-order valence-electron chi connectivity index (χ1n) is 6.42. The highest BCUT2D eigenvalue weighted by molar-refractivity contribution is 5.91. The second-order valence-electron chi connectivity index (χ2n) is 6.12. The Bertz CT molecular complexity index is 369. The highest BCUT2D eigenvalue weighted by atomic mass is 16.5. The Balaban J connectivity index is 2.07. The van der Waals surface area contributed by atoms with Crippen molar-refractivity contribution in [1.29, 1.82) is 0 Å². The molecule has 0 aromatic rings. The number of carbonyl (C=O) groups excluding carboxylic acids is 1. The van der Waals surface area contributed by atoms with Gasteiger partial charge >= 0.3 is 5.97 Å². The van der Waals surface area contributed by atoms with E-state index in [9.17, 15) is 9.59 Å². The number of hydrogen-bond donors (Lipinski definition) is 1. The van der Waals surface area contributed by atoms with Gasteiger partial charge in [0.2, 0.25) is 5.91 Å². The monoisotopic (exact) mass is 255 g/mol. The summed E-state index contributed by atoms with van der Waals surface area (Å²) in [5.41, 5.74) is -0.423. The van der Waals surface area contributed by atoms with E-state index in [4.69, 9.17) is 9.84 Å². The highest BCUT2D eigenvalue weighted by Crippen LogP contribution is 2.59. The van der Waals surface area contributed by atoms with E-state index in [-0.39, 0.29) is 24.0 Å². The van der Waals surface area contributed by atoms with Crippen molar-refractivity contribution in [3.63, 3.8) is 0 Å². The molecule has 1 N–H and O–H groups in total. The molecule has 2 aliphatic rings. The van der Waals surface area contributed by atoms with Crippen LogP contribution in [-0.2, 0) is 14.3 Å². The highest BCUT2D eigenvalue weighted by Gasteiger charge is 2.66. The van der Waals surface area contributed by atoms with Gasteiger partial charge in [-0.25, -0.2) is 0 Å². The van der Waals surface area contributed by atoms with Gasteiger partial charge in [-0.3, -0.25) is 9.59 Å². The van der Waals surface area contributed by atoms with Crippen molar-refractivity contribution < 1.29 is 19.4 Å². The van der Waals surface area contributed by atoms with Crippen LogP contribution >= 0.6 is 0 Å². The average Bonchev–Trinajstić information content (AvgIpc) is 2.79. The standard InChI is InChI=1S/C13H21NO4/c1-7-5-14(6-8(2)18-7)11(15)9-10(12(16)17)13(9,3)4/h7-10H,5-6H2,1-4H3,(H,16,17)/t7-,8+,9-,10+/m1/s1. The molecule has 1 saturated heterocycles. The molecule has 102 valence electrons. The maximum absolute atomic E-state index is 12.4. The van der Waals surface area contributed by atoms with E-state index in [1.54, 1.807) is 4.90 Å². The van der Waals surface area contributed by atoms with Crippen LogP contribution in [0, 0.1) is 17.3 Å². The molecule has 18 heavy (non-hydrogen) atoms. The fourth-order valence-corrected chi connectivity index (χ4v) is 3.11. The van der Waals surface area contributed by atoms with Gasteiger partial charge in [0.05, 0.1) is 24.0 Å². The number of carboxylic acid groups (broad SMARTS) is 1. The molecule has 1 amide bonds. The Labute approximate surface area is 107 Å². The molecule has 0 aromatic heterocycles. The quantitative estimate of drug-likeness (QED) is 0.798. The van der Waals surface area contributed by atoms with E-state index in [1.807, 2.05) is 27.7 Å². The van der Waals surface area contributed by atoms with Gasteiger partial charge in [0.15, 0.2) is 0 Å². The molecule has 1 aliphatic carbocycles. The molecule has 1 saturated carbocycles. The normalized spacial score (nSPS) is 38.3. The lowest BCUT2D eigenvalue weighted by atomic mass is 10.1. The van der Waals surface area contributed by atoms with Crippen LogP contribution in [0.2, 0.25) is 0 Å². The van der Waals surface area contributed by atoms with E-state index in [0.29, 0.717) is 13.1 Å². The van der Waals surface area contributed by atoms with E-state index in [1.165, 1.54) is 0 Å². The second-order valence-corrected chi connectivity index (χ2v) is 6.12. The molecule has 0 bridgehead atoms. The SMILES string of the molecule is C[C@@H]1CN(C(=O)[C@H]2[C@@H](C(=O)O)C2(C)C)C[C@H](C)O1. The van der Waals surface area contributed by atoms with E-state index >= 15 is 0 Å². The lowest BCUT2D eigenvalue weighted by Gasteiger charge is -2.35. The fourth-order valence-electron chi connectivity index (χ4n) is 3.11. The Hall–Kier alpha value is -1.10. The van der Waals surface area contributed by atoms with Crippen molar-refractivity contribution in [1.82, 2.24) is 4.90 Å². The minimum Gasteiger partial charge on any atom is -0.481 e. The van der Waals surface area contributed by atoms with Crippen molar-refractivity contribution >= 4 is 11.9 Å². The minimum atomic E-state index is -0.868. The number of aliphatic carboxylic acids is 1. The molecule has 4 atom stereocenters. The maximum atomic E-state index is 12.4. The molecule has 2 fully saturated rings. The predicted molar refractivity (Wildman–Crippen MR) is 65.0 cm³/mol. The third-order valence-corrected chi connectivity index (χ3v) is 4.09. The van der Waals surface area contributed by atoms with Gasteiger partial charge in [-0.15, -0.1) is 0 Å². The van der Waals surface area contributed by atoms with Crippen LogP contribution in [0.3, 0.4) is 0 Å². The molecule has 0 spiro atoms. The van der Waals surface area contributed by atoms with E-state index in [0.717, 1.165) is 0 Å². The molecule has 0 unspecified atom stereocenters. The lowest BCUT2D eigenvalue weighted by molar-refractivity contribution is -0.147. The number of ether oxygens (including phenoxy) is 1. The molecule has 1 heterocycles. The summed E-state index contributed by atoms with van der Waals surface area (Å²) < 4.78 is 5.58. The Morgan fingerprint density at radius 3 is 2.06 bits per heavy atom. The van der Waals surface area contributed by atoms with Crippen molar-refractivity contribution in [2.45, 2.75) is 39.9 Å². The number of rotatable bonds is 2.